The molecule has 1 amide bonds. The molecule has 0 spiro atoms. The van der Waals surface area contributed by atoms with Gasteiger partial charge in [0.25, 0.3) is 0 Å². The van der Waals surface area contributed by atoms with Gasteiger partial charge in [-0.3, -0.25) is 9.48 Å². The van der Waals surface area contributed by atoms with E-state index < -0.39 is 34.9 Å². The van der Waals surface area contributed by atoms with Crippen molar-refractivity contribution in [3.8, 4) is 5.75 Å². The van der Waals surface area contributed by atoms with Crippen LogP contribution in [0.3, 0.4) is 0 Å². The molecule has 1 saturated carbocycles. The van der Waals surface area contributed by atoms with Gasteiger partial charge in [-0.05, 0) is 37.1 Å². The van der Waals surface area contributed by atoms with Crippen molar-refractivity contribution in [1.29, 1.82) is 0 Å². The smallest absolute Gasteiger partial charge is 0.406 e. The van der Waals surface area contributed by atoms with E-state index in [1.54, 1.807) is 0 Å². The van der Waals surface area contributed by atoms with Gasteiger partial charge >= 0.3 is 12.5 Å². The summed E-state index contributed by atoms with van der Waals surface area (Å²) in [6.07, 6.45) is -8.34. The number of anilines is 1. The van der Waals surface area contributed by atoms with E-state index in [1.165, 1.54) is 12.1 Å². The number of hydrogen-bond acceptors (Lipinski definition) is 3. The summed E-state index contributed by atoms with van der Waals surface area (Å²) >= 11 is 5.86. The fourth-order valence-corrected chi connectivity index (χ4v) is 3.12. The molecule has 1 aromatic heterocycles. The Morgan fingerprint density at radius 3 is 2.31 bits per heavy atom. The minimum absolute atomic E-state index is 0.115. The molecule has 0 aliphatic heterocycles. The summed E-state index contributed by atoms with van der Waals surface area (Å²) in [6, 6.07) is 4.47. The zero-order valence-electron chi connectivity index (χ0n) is 14.6. The molecule has 29 heavy (non-hydrogen) atoms. The maximum absolute atomic E-state index is 13.0. The van der Waals surface area contributed by atoms with Gasteiger partial charge in [0.2, 0.25) is 5.91 Å². The van der Waals surface area contributed by atoms with Crippen LogP contribution in [0.2, 0.25) is 5.02 Å². The Hall–Kier alpha value is -2.43. The molecule has 1 aromatic carbocycles. The van der Waals surface area contributed by atoms with Crippen molar-refractivity contribution in [3.63, 3.8) is 0 Å². The third kappa shape index (κ3) is 5.55. The van der Waals surface area contributed by atoms with Crippen LogP contribution in [0.15, 0.2) is 24.3 Å². The molecule has 0 unspecified atom stereocenters. The maximum Gasteiger partial charge on any atom is 0.573 e. The fourth-order valence-electron chi connectivity index (χ4n) is 2.72. The van der Waals surface area contributed by atoms with Gasteiger partial charge < -0.3 is 10.1 Å². The van der Waals surface area contributed by atoms with Crippen LogP contribution in [0.4, 0.5) is 32.0 Å². The minimum atomic E-state index is -4.83. The largest absolute Gasteiger partial charge is 0.573 e. The molecule has 158 valence electrons. The van der Waals surface area contributed by atoms with Gasteiger partial charge in [0.15, 0.2) is 5.69 Å². The lowest BCUT2D eigenvalue weighted by Gasteiger charge is -2.10. The van der Waals surface area contributed by atoms with Crippen LogP contribution in [0.25, 0.3) is 0 Å². The van der Waals surface area contributed by atoms with Gasteiger partial charge in [-0.25, -0.2) is 0 Å². The average molecular weight is 442 g/mol. The molecule has 1 fully saturated rings. The number of alkyl halides is 6. The molecular formula is C17H14ClF6N3O2. The van der Waals surface area contributed by atoms with Gasteiger partial charge in [0.1, 0.15) is 5.75 Å². The van der Waals surface area contributed by atoms with Crippen molar-refractivity contribution in [2.45, 2.75) is 44.3 Å². The molecule has 0 saturated heterocycles. The first-order chi connectivity index (χ1) is 13.4. The van der Waals surface area contributed by atoms with E-state index >= 15 is 0 Å². The van der Waals surface area contributed by atoms with E-state index in [0.29, 0.717) is 12.8 Å². The third-order valence-corrected chi connectivity index (χ3v) is 4.46. The second-order valence-corrected chi connectivity index (χ2v) is 6.79. The number of nitrogens with zero attached hydrogens (tertiary/aromatic N) is 2. The van der Waals surface area contributed by atoms with E-state index in [0.717, 1.165) is 16.8 Å². The van der Waals surface area contributed by atoms with Crippen LogP contribution < -0.4 is 10.1 Å². The number of ether oxygens (including phenoxy) is 1. The number of aryl methyl sites for hydroxylation is 1. The van der Waals surface area contributed by atoms with Crippen LogP contribution in [-0.2, 0) is 17.5 Å². The summed E-state index contributed by atoms with van der Waals surface area (Å²) in [5.41, 5.74) is -0.705. The van der Waals surface area contributed by atoms with Gasteiger partial charge in [-0.15, -0.1) is 13.2 Å². The van der Waals surface area contributed by atoms with Crippen LogP contribution >= 0.6 is 11.6 Å². The Morgan fingerprint density at radius 2 is 1.79 bits per heavy atom. The Morgan fingerprint density at radius 1 is 1.17 bits per heavy atom. The molecule has 1 aliphatic rings. The van der Waals surface area contributed by atoms with Crippen molar-refractivity contribution in [3.05, 3.63) is 40.7 Å². The highest BCUT2D eigenvalue weighted by molar-refractivity contribution is 6.32. The van der Waals surface area contributed by atoms with E-state index in [-0.39, 0.29) is 30.3 Å². The molecule has 5 nitrogen and oxygen atoms in total. The molecule has 1 aliphatic carbocycles. The van der Waals surface area contributed by atoms with E-state index in [4.69, 9.17) is 11.6 Å². The molecule has 1 N–H and O–H groups in total. The summed E-state index contributed by atoms with van der Waals surface area (Å²) in [6.45, 7) is -0.122. The first kappa shape index (κ1) is 21.3. The molecule has 0 atom stereocenters. The normalized spacial score (nSPS) is 14.7. The fraction of sp³-hybridized carbons (Fsp3) is 0.412. The van der Waals surface area contributed by atoms with Crippen molar-refractivity contribution in [1.82, 2.24) is 9.78 Å². The van der Waals surface area contributed by atoms with Gasteiger partial charge in [-0.1, -0.05) is 11.6 Å². The second-order valence-electron chi connectivity index (χ2n) is 6.41. The zero-order valence-corrected chi connectivity index (χ0v) is 15.3. The number of rotatable bonds is 6. The van der Waals surface area contributed by atoms with Gasteiger partial charge in [0.05, 0.1) is 17.3 Å². The quantitative estimate of drug-likeness (QED) is 0.614. The standard InChI is InChI=1S/C17H14ClF6N3O2/c18-13-14(9-1-2-9)27(26-15(13)16(19,20)21)8-7-12(28)25-10-3-5-11(6-4-10)29-17(22,23)24/h3-6,9H,1-2,7-8H2,(H,25,28). The lowest BCUT2D eigenvalue weighted by molar-refractivity contribution is -0.274. The Bertz CT molecular complexity index is 888. The Balaban J connectivity index is 1.62. The second kappa shape index (κ2) is 7.77. The van der Waals surface area contributed by atoms with Crippen LogP contribution in [0.1, 0.15) is 36.6 Å². The van der Waals surface area contributed by atoms with E-state index in [2.05, 4.69) is 15.2 Å². The number of amides is 1. The molecular weight excluding hydrogens is 428 g/mol. The highest BCUT2D eigenvalue weighted by Gasteiger charge is 2.42. The average Bonchev–Trinajstić information content (AvgIpc) is 3.35. The monoisotopic (exact) mass is 441 g/mol. The van der Waals surface area contributed by atoms with E-state index in [9.17, 15) is 31.1 Å². The number of carbonyl (C=O) groups is 1. The number of nitrogens with one attached hydrogen (secondary N) is 1. The summed E-state index contributed by atoms with van der Waals surface area (Å²) in [4.78, 5) is 12.1. The number of halogens is 7. The molecule has 2 aromatic rings. The molecule has 3 rings (SSSR count). The Kier molecular flexibility index (Phi) is 5.70. The third-order valence-electron chi connectivity index (χ3n) is 4.09. The van der Waals surface area contributed by atoms with Crippen molar-refractivity contribution in [2.75, 3.05) is 5.32 Å². The lowest BCUT2D eigenvalue weighted by Crippen LogP contribution is -2.18. The first-order valence-electron chi connectivity index (χ1n) is 8.43. The summed E-state index contributed by atoms with van der Waals surface area (Å²) in [7, 11) is 0. The first-order valence-corrected chi connectivity index (χ1v) is 8.81. The molecule has 0 radical (unpaired) electrons. The summed E-state index contributed by atoms with van der Waals surface area (Å²) in [5, 5.41) is 5.53. The SMILES string of the molecule is O=C(CCn1nc(C(F)(F)F)c(Cl)c1C1CC1)Nc1ccc(OC(F)(F)F)cc1. The van der Waals surface area contributed by atoms with Crippen LogP contribution in [-0.4, -0.2) is 22.1 Å². The number of benzene rings is 1. The highest BCUT2D eigenvalue weighted by atomic mass is 35.5. The summed E-state index contributed by atoms with van der Waals surface area (Å²) < 4.78 is 80.3. The lowest BCUT2D eigenvalue weighted by atomic mass is 10.2. The van der Waals surface area contributed by atoms with Crippen LogP contribution in [0, 0.1) is 0 Å². The van der Waals surface area contributed by atoms with Gasteiger partial charge in [0, 0.05) is 18.0 Å². The van der Waals surface area contributed by atoms with Crippen molar-refractivity contribution < 1.29 is 35.9 Å². The minimum Gasteiger partial charge on any atom is -0.406 e. The molecule has 1 heterocycles. The van der Waals surface area contributed by atoms with Crippen molar-refractivity contribution >= 4 is 23.2 Å². The number of hydrogen-bond donors (Lipinski definition) is 1. The predicted octanol–water partition coefficient (Wildman–Crippen LogP) is 5.36. The number of aromatic nitrogens is 2. The van der Waals surface area contributed by atoms with E-state index in [1.807, 2.05) is 0 Å². The summed E-state index contributed by atoms with van der Waals surface area (Å²) in [5.74, 6) is -1.11. The van der Waals surface area contributed by atoms with Gasteiger partial charge in [-0.2, -0.15) is 18.3 Å². The highest BCUT2D eigenvalue weighted by Crippen LogP contribution is 2.46. The predicted molar refractivity (Wildman–Crippen MR) is 90.6 cm³/mol. The van der Waals surface area contributed by atoms with Crippen molar-refractivity contribution in [2.24, 2.45) is 0 Å². The zero-order chi connectivity index (χ0) is 21.4. The van der Waals surface area contributed by atoms with Crippen LogP contribution in [0.5, 0.6) is 5.75 Å². The topological polar surface area (TPSA) is 56.2 Å². The number of carbonyl (C=O) groups excluding carboxylic acids is 1. The molecule has 12 heteroatoms. The maximum atomic E-state index is 13.0. The molecule has 0 bridgehead atoms. The Labute approximate surface area is 165 Å².